The topological polar surface area (TPSA) is 14.8 Å². The van der Waals surface area contributed by atoms with Crippen molar-refractivity contribution in [1.29, 1.82) is 0 Å². The van der Waals surface area contributed by atoms with E-state index in [1.807, 2.05) is 11.3 Å². The summed E-state index contributed by atoms with van der Waals surface area (Å²) in [6.45, 7) is 0. The molecule has 0 amide bonds. The van der Waals surface area contributed by atoms with Gasteiger partial charge in [-0.3, -0.25) is 0 Å². The lowest BCUT2D eigenvalue weighted by atomic mass is 9.97. The number of hydrogen-bond acceptors (Lipinski definition) is 1. The normalized spacial score (nSPS) is 12.2. The minimum Gasteiger partial charge on any atom is -0.309 e. The molecule has 0 spiro atoms. The molecule has 0 fully saturated rings. The molecular formula is C72H47N3SSi. The molecule has 12 aromatic carbocycles. The highest BCUT2D eigenvalue weighted by Gasteiger charge is 2.41. The zero-order valence-electron chi connectivity index (χ0n) is 41.9. The van der Waals surface area contributed by atoms with Crippen LogP contribution in [0.4, 0.5) is 0 Å². The highest BCUT2D eigenvalue weighted by atomic mass is 32.1. The van der Waals surface area contributed by atoms with Crippen molar-refractivity contribution < 1.29 is 0 Å². The minimum atomic E-state index is -2.80. The summed E-state index contributed by atoms with van der Waals surface area (Å²) in [5.41, 5.74) is 13.0. The monoisotopic (exact) mass is 1010 g/mol. The third-order valence-corrected chi connectivity index (χ3v) is 22.4. The first-order valence-electron chi connectivity index (χ1n) is 26.5. The molecule has 3 nitrogen and oxygen atoms in total. The Morgan fingerprint density at radius 3 is 1.26 bits per heavy atom. The summed E-state index contributed by atoms with van der Waals surface area (Å²) < 4.78 is 10.1. The van der Waals surface area contributed by atoms with Crippen molar-refractivity contribution in [2.45, 2.75) is 0 Å². The average molecular weight is 1010 g/mol. The van der Waals surface area contributed by atoms with Crippen LogP contribution in [0.25, 0.3) is 114 Å². The Morgan fingerprint density at radius 2 is 0.649 bits per heavy atom. The third kappa shape index (κ3) is 6.48. The van der Waals surface area contributed by atoms with Crippen molar-refractivity contribution in [3.8, 4) is 28.2 Å². The van der Waals surface area contributed by atoms with Crippen molar-refractivity contribution >= 4 is 126 Å². The number of hydrogen-bond donors (Lipinski definition) is 0. The number of fused-ring (bicyclic) bond motifs is 12. The Balaban J connectivity index is 0.939. The van der Waals surface area contributed by atoms with Crippen LogP contribution < -0.4 is 20.7 Å². The van der Waals surface area contributed by atoms with E-state index in [4.69, 9.17) is 0 Å². The predicted molar refractivity (Wildman–Crippen MR) is 331 cm³/mol. The van der Waals surface area contributed by atoms with Gasteiger partial charge in [0.1, 0.15) is 0 Å². The maximum atomic E-state index is 2.51. The van der Waals surface area contributed by atoms with Crippen LogP contribution >= 0.6 is 11.3 Å². The molecule has 16 aromatic rings. The SMILES string of the molecule is c1ccc([Si](c2ccccc2)(c2ccccc2)c2cccc(-n3c4ccccc4c4cc(-n5c6ccc(-n7c8ccccc8c8ccccc87)cc6c6c(-c7cccc8c7sc7ccccc78)cccc65)ccc43)c2)cc1. The van der Waals surface area contributed by atoms with Gasteiger partial charge in [0.2, 0.25) is 0 Å². The fourth-order valence-corrected chi connectivity index (χ4v) is 19.2. The van der Waals surface area contributed by atoms with E-state index >= 15 is 0 Å². The van der Waals surface area contributed by atoms with E-state index in [-0.39, 0.29) is 0 Å². The molecule has 0 saturated carbocycles. The Kier molecular flexibility index (Phi) is 9.83. The molecule has 4 heterocycles. The lowest BCUT2D eigenvalue weighted by Crippen LogP contribution is -2.74. The molecule has 0 atom stereocenters. The van der Waals surface area contributed by atoms with Gasteiger partial charge in [-0.2, -0.15) is 0 Å². The van der Waals surface area contributed by atoms with Gasteiger partial charge in [-0.15, -0.1) is 11.3 Å². The van der Waals surface area contributed by atoms with E-state index in [0.717, 1.165) is 17.1 Å². The maximum Gasteiger partial charge on any atom is 0.179 e. The molecule has 0 aliphatic rings. The van der Waals surface area contributed by atoms with Crippen molar-refractivity contribution in [3.63, 3.8) is 0 Å². The third-order valence-electron chi connectivity index (χ3n) is 16.4. The van der Waals surface area contributed by atoms with Crippen molar-refractivity contribution in [1.82, 2.24) is 13.7 Å². The molecular weight excluding hydrogens is 967 g/mol. The predicted octanol–water partition coefficient (Wildman–Crippen LogP) is 16.4. The van der Waals surface area contributed by atoms with Gasteiger partial charge in [0.25, 0.3) is 0 Å². The molecule has 0 N–H and O–H groups in total. The zero-order chi connectivity index (χ0) is 50.6. The smallest absolute Gasteiger partial charge is 0.179 e. The molecule has 0 aliphatic heterocycles. The molecule has 0 radical (unpaired) electrons. The first-order valence-corrected chi connectivity index (χ1v) is 29.3. The Hall–Kier alpha value is -9.52. The quantitative estimate of drug-likeness (QED) is 0.106. The number of aromatic nitrogens is 3. The van der Waals surface area contributed by atoms with Gasteiger partial charge in [-0.05, 0) is 105 Å². The molecule has 0 bridgehead atoms. The second-order valence-electron chi connectivity index (χ2n) is 20.3. The van der Waals surface area contributed by atoms with Crippen molar-refractivity contribution in [2.24, 2.45) is 0 Å². The molecule has 5 heteroatoms. The van der Waals surface area contributed by atoms with Gasteiger partial charge < -0.3 is 13.7 Å². The average Bonchev–Trinajstić information content (AvgIpc) is 4.35. The maximum absolute atomic E-state index is 2.80. The summed E-state index contributed by atoms with van der Waals surface area (Å²) in [7, 11) is -2.80. The van der Waals surface area contributed by atoms with Gasteiger partial charge in [0, 0.05) is 75.1 Å². The number of para-hydroxylation sites is 3. The van der Waals surface area contributed by atoms with Gasteiger partial charge in [-0.1, -0.05) is 206 Å². The van der Waals surface area contributed by atoms with Crippen LogP contribution in [0.1, 0.15) is 0 Å². The number of rotatable bonds is 8. The second-order valence-corrected chi connectivity index (χ2v) is 25.2. The van der Waals surface area contributed by atoms with Crippen molar-refractivity contribution in [2.75, 3.05) is 0 Å². The molecule has 360 valence electrons. The largest absolute Gasteiger partial charge is 0.309 e. The van der Waals surface area contributed by atoms with Gasteiger partial charge in [-0.25, -0.2) is 0 Å². The highest BCUT2D eigenvalue weighted by Crippen LogP contribution is 2.46. The number of thiophene rings is 1. The van der Waals surface area contributed by atoms with E-state index < -0.39 is 8.07 Å². The van der Waals surface area contributed by atoms with E-state index in [9.17, 15) is 0 Å². The minimum absolute atomic E-state index is 1.12. The van der Waals surface area contributed by atoms with Crippen LogP contribution in [0.5, 0.6) is 0 Å². The lowest BCUT2D eigenvalue weighted by Gasteiger charge is -2.34. The van der Waals surface area contributed by atoms with Crippen LogP contribution in [0.15, 0.2) is 285 Å². The van der Waals surface area contributed by atoms with Gasteiger partial charge in [0.05, 0.1) is 33.1 Å². The Morgan fingerprint density at radius 1 is 0.247 bits per heavy atom. The fraction of sp³-hybridized carbons (Fsp3) is 0. The number of benzene rings is 12. The Bertz CT molecular complexity index is 4840. The molecule has 77 heavy (non-hydrogen) atoms. The van der Waals surface area contributed by atoms with Crippen molar-refractivity contribution in [3.05, 3.63) is 285 Å². The summed E-state index contributed by atoms with van der Waals surface area (Å²) in [4.78, 5) is 0. The van der Waals surface area contributed by atoms with Crippen LogP contribution in [0.3, 0.4) is 0 Å². The molecule has 0 aliphatic carbocycles. The number of nitrogens with zero attached hydrogens (tertiary/aromatic N) is 3. The summed E-state index contributed by atoms with van der Waals surface area (Å²) in [6.07, 6.45) is 0. The standard InChI is InChI=1S/C72H47N3SSi/c1-4-22-51(23-5-1)77(52-24-6-2-7-25-52,53-26-8-3-9-27-53)54-28-18-21-48(45-54)73-66-38-16-12-31-57(66)62-46-49(41-43-67(62)73)75-68-44-42-50(74-64-36-14-10-29-55(64)56-30-11-15-37-65(56)74)47-63(68)71-59(33-20-39-69(71)75)61-35-19-34-60-58-32-13-17-40-70(58)76-72(60)61/h1-47H. The first-order chi connectivity index (χ1) is 38.2. The van der Waals surface area contributed by atoms with E-state index in [1.165, 1.54) is 117 Å². The van der Waals surface area contributed by atoms with E-state index in [2.05, 4.69) is 299 Å². The fourth-order valence-electron chi connectivity index (χ4n) is 13.2. The molecule has 16 rings (SSSR count). The highest BCUT2D eigenvalue weighted by molar-refractivity contribution is 7.26. The van der Waals surface area contributed by atoms with E-state index in [1.54, 1.807) is 0 Å². The van der Waals surface area contributed by atoms with Crippen LogP contribution in [0, 0.1) is 0 Å². The Labute approximate surface area is 450 Å². The van der Waals surface area contributed by atoms with Crippen LogP contribution in [-0.2, 0) is 0 Å². The summed E-state index contributed by atoms with van der Waals surface area (Å²) in [5.74, 6) is 0. The van der Waals surface area contributed by atoms with Crippen LogP contribution in [0.2, 0.25) is 0 Å². The molecule has 4 aromatic heterocycles. The van der Waals surface area contributed by atoms with Crippen LogP contribution in [-0.4, -0.2) is 21.8 Å². The van der Waals surface area contributed by atoms with Gasteiger partial charge in [0.15, 0.2) is 8.07 Å². The summed E-state index contributed by atoms with van der Waals surface area (Å²) in [6, 6.07) is 107. The first kappa shape index (κ1) is 43.8. The molecule has 0 unspecified atom stereocenters. The zero-order valence-corrected chi connectivity index (χ0v) is 43.7. The van der Waals surface area contributed by atoms with E-state index in [0.29, 0.717) is 0 Å². The molecule has 0 saturated heterocycles. The summed E-state index contributed by atoms with van der Waals surface area (Å²) in [5, 5.41) is 15.4. The second kappa shape index (κ2) is 17.3. The lowest BCUT2D eigenvalue weighted by molar-refractivity contribution is 1.16. The summed E-state index contributed by atoms with van der Waals surface area (Å²) >= 11 is 1.89. The van der Waals surface area contributed by atoms with Gasteiger partial charge >= 0.3 is 0 Å².